The van der Waals surface area contributed by atoms with E-state index in [0.29, 0.717) is 19.4 Å². The van der Waals surface area contributed by atoms with Gasteiger partial charge >= 0.3 is 0 Å². The van der Waals surface area contributed by atoms with Gasteiger partial charge in [-0.1, -0.05) is 19.1 Å². The second-order valence-corrected chi connectivity index (χ2v) is 5.12. The lowest BCUT2D eigenvalue weighted by Gasteiger charge is -2.14. The number of aliphatic hydroxyl groups excluding tert-OH is 1. The van der Waals surface area contributed by atoms with Crippen LogP contribution in [0.25, 0.3) is 0 Å². The van der Waals surface area contributed by atoms with Crippen LogP contribution in [0.2, 0.25) is 0 Å². The van der Waals surface area contributed by atoms with Gasteiger partial charge in [-0.2, -0.15) is 5.26 Å². The molecule has 1 aliphatic rings. The number of nitrogens with zero attached hydrogens (tertiary/aromatic N) is 1. The predicted molar refractivity (Wildman–Crippen MR) is 69.1 cm³/mol. The molecular formula is C15H19NO2. The molecule has 1 saturated carbocycles. The maximum Gasteiger partial charge on any atom is 0.119 e. The van der Waals surface area contributed by atoms with Crippen molar-refractivity contribution < 1.29 is 9.84 Å². The Bertz CT molecular complexity index is 429. The van der Waals surface area contributed by atoms with Gasteiger partial charge in [0.1, 0.15) is 5.75 Å². The summed E-state index contributed by atoms with van der Waals surface area (Å²) in [5, 5.41) is 18.4. The Morgan fingerprint density at radius 3 is 2.56 bits per heavy atom. The van der Waals surface area contributed by atoms with Gasteiger partial charge in [-0.15, -0.1) is 0 Å². The van der Waals surface area contributed by atoms with E-state index in [1.165, 1.54) is 0 Å². The van der Waals surface area contributed by atoms with Gasteiger partial charge < -0.3 is 9.84 Å². The molecule has 0 aliphatic heterocycles. The molecule has 3 nitrogen and oxygen atoms in total. The normalized spacial score (nSPS) is 17.8. The third kappa shape index (κ3) is 3.02. The van der Waals surface area contributed by atoms with Crippen molar-refractivity contribution in [1.82, 2.24) is 0 Å². The molecule has 0 saturated heterocycles. The fraction of sp³-hybridized carbons (Fsp3) is 0.533. The Labute approximate surface area is 108 Å². The van der Waals surface area contributed by atoms with E-state index in [9.17, 15) is 5.11 Å². The zero-order valence-electron chi connectivity index (χ0n) is 10.7. The molecule has 0 aromatic heterocycles. The lowest BCUT2D eigenvalue weighted by Crippen LogP contribution is -2.12. The highest BCUT2D eigenvalue weighted by Gasteiger charge is 2.43. The molecule has 0 spiro atoms. The topological polar surface area (TPSA) is 53.2 Å². The van der Waals surface area contributed by atoms with Gasteiger partial charge in [-0.25, -0.2) is 0 Å². The first-order valence-electron chi connectivity index (χ1n) is 6.47. The number of rotatable bonds is 6. The molecule has 1 N–H and O–H groups in total. The van der Waals surface area contributed by atoms with Crippen LogP contribution in [0.4, 0.5) is 0 Å². The van der Waals surface area contributed by atoms with E-state index in [1.807, 2.05) is 31.2 Å². The van der Waals surface area contributed by atoms with Gasteiger partial charge in [-0.05, 0) is 37.0 Å². The largest absolute Gasteiger partial charge is 0.493 e. The standard InChI is InChI=1S/C15H19NO2/c1-2-14(17)12-3-5-13(6-4-12)18-11-15(7-8-15)9-10-16/h3-6,14,17H,2,7-9,11H2,1H3/t14-/m0/s1. The quantitative estimate of drug-likeness (QED) is 0.837. The smallest absolute Gasteiger partial charge is 0.119 e. The number of hydrogen-bond acceptors (Lipinski definition) is 3. The molecule has 1 aromatic rings. The molecule has 0 radical (unpaired) electrons. The molecular weight excluding hydrogens is 226 g/mol. The molecule has 0 amide bonds. The summed E-state index contributed by atoms with van der Waals surface area (Å²) in [5.74, 6) is 0.811. The molecule has 1 atom stereocenters. The van der Waals surface area contributed by atoms with E-state index in [4.69, 9.17) is 10.00 Å². The number of hydrogen-bond donors (Lipinski definition) is 1. The predicted octanol–water partition coefficient (Wildman–Crippen LogP) is 3.20. The van der Waals surface area contributed by atoms with E-state index in [1.54, 1.807) is 0 Å². The van der Waals surface area contributed by atoms with Crippen molar-refractivity contribution in [3.8, 4) is 11.8 Å². The second kappa shape index (κ2) is 5.41. The SMILES string of the molecule is CC[C@H](O)c1ccc(OCC2(CC#N)CC2)cc1. The Morgan fingerprint density at radius 1 is 1.39 bits per heavy atom. The van der Waals surface area contributed by atoms with Gasteiger partial charge in [0.15, 0.2) is 0 Å². The van der Waals surface area contributed by atoms with Crippen LogP contribution < -0.4 is 4.74 Å². The number of ether oxygens (including phenoxy) is 1. The Balaban J connectivity index is 1.89. The van der Waals surface area contributed by atoms with Crippen LogP contribution in [0.3, 0.4) is 0 Å². The third-order valence-corrected chi connectivity index (χ3v) is 3.61. The highest BCUT2D eigenvalue weighted by atomic mass is 16.5. The van der Waals surface area contributed by atoms with Crippen LogP contribution in [0.15, 0.2) is 24.3 Å². The summed E-state index contributed by atoms with van der Waals surface area (Å²) in [7, 11) is 0. The van der Waals surface area contributed by atoms with E-state index in [0.717, 1.165) is 24.2 Å². The van der Waals surface area contributed by atoms with Crippen LogP contribution in [0.1, 0.15) is 44.3 Å². The lowest BCUT2D eigenvalue weighted by molar-refractivity contribution is 0.173. The summed E-state index contributed by atoms with van der Waals surface area (Å²) < 4.78 is 5.72. The lowest BCUT2D eigenvalue weighted by atomic mass is 10.1. The zero-order chi connectivity index (χ0) is 13.0. The maximum atomic E-state index is 9.68. The minimum atomic E-state index is -0.396. The van der Waals surface area contributed by atoms with Crippen molar-refractivity contribution in [2.24, 2.45) is 5.41 Å². The van der Waals surface area contributed by atoms with Crippen molar-refractivity contribution in [2.75, 3.05) is 6.61 Å². The highest BCUT2D eigenvalue weighted by Crippen LogP contribution is 2.48. The van der Waals surface area contributed by atoms with Crippen LogP contribution in [0, 0.1) is 16.7 Å². The molecule has 0 heterocycles. The van der Waals surface area contributed by atoms with Gasteiger partial charge in [0.05, 0.1) is 18.8 Å². The van der Waals surface area contributed by atoms with Crippen molar-refractivity contribution in [2.45, 2.75) is 38.7 Å². The maximum absolute atomic E-state index is 9.68. The summed E-state index contributed by atoms with van der Waals surface area (Å²) >= 11 is 0. The minimum absolute atomic E-state index is 0.107. The Hall–Kier alpha value is -1.53. The molecule has 18 heavy (non-hydrogen) atoms. The fourth-order valence-corrected chi connectivity index (χ4v) is 1.97. The van der Waals surface area contributed by atoms with Crippen LogP contribution >= 0.6 is 0 Å². The van der Waals surface area contributed by atoms with Gasteiger partial charge in [0, 0.05) is 11.8 Å². The average molecular weight is 245 g/mol. The van der Waals surface area contributed by atoms with Crippen molar-refractivity contribution in [3.63, 3.8) is 0 Å². The summed E-state index contributed by atoms with van der Waals surface area (Å²) in [4.78, 5) is 0. The van der Waals surface area contributed by atoms with E-state index in [2.05, 4.69) is 6.07 Å². The van der Waals surface area contributed by atoms with E-state index < -0.39 is 6.10 Å². The van der Waals surface area contributed by atoms with Crippen LogP contribution in [0.5, 0.6) is 5.75 Å². The number of benzene rings is 1. The average Bonchev–Trinajstić information content (AvgIpc) is 3.17. The number of nitriles is 1. The van der Waals surface area contributed by atoms with Crippen molar-refractivity contribution in [1.29, 1.82) is 5.26 Å². The monoisotopic (exact) mass is 245 g/mol. The summed E-state index contributed by atoms with van der Waals surface area (Å²) in [6.45, 7) is 2.57. The fourth-order valence-electron chi connectivity index (χ4n) is 1.97. The van der Waals surface area contributed by atoms with Crippen LogP contribution in [-0.4, -0.2) is 11.7 Å². The first kappa shape index (κ1) is 12.9. The van der Waals surface area contributed by atoms with Crippen molar-refractivity contribution in [3.05, 3.63) is 29.8 Å². The van der Waals surface area contributed by atoms with E-state index >= 15 is 0 Å². The highest BCUT2D eigenvalue weighted by molar-refractivity contribution is 5.28. The van der Waals surface area contributed by atoms with Crippen LogP contribution in [-0.2, 0) is 0 Å². The molecule has 0 bridgehead atoms. The molecule has 96 valence electrons. The Morgan fingerprint density at radius 2 is 2.06 bits per heavy atom. The number of aliphatic hydroxyl groups is 1. The summed E-state index contributed by atoms with van der Waals surface area (Å²) in [5.41, 5.74) is 1.03. The first-order chi connectivity index (χ1) is 8.69. The molecule has 2 rings (SSSR count). The first-order valence-corrected chi connectivity index (χ1v) is 6.47. The zero-order valence-corrected chi connectivity index (χ0v) is 10.7. The third-order valence-electron chi connectivity index (χ3n) is 3.61. The van der Waals surface area contributed by atoms with Gasteiger partial charge in [0.25, 0.3) is 0 Å². The molecule has 0 unspecified atom stereocenters. The van der Waals surface area contributed by atoms with Gasteiger partial charge in [-0.3, -0.25) is 0 Å². The second-order valence-electron chi connectivity index (χ2n) is 5.12. The van der Waals surface area contributed by atoms with E-state index in [-0.39, 0.29) is 5.41 Å². The molecule has 1 aromatic carbocycles. The van der Waals surface area contributed by atoms with Crippen molar-refractivity contribution >= 4 is 0 Å². The summed E-state index contributed by atoms with van der Waals surface area (Å²) in [6.07, 6.45) is 3.08. The van der Waals surface area contributed by atoms with Gasteiger partial charge in [0.2, 0.25) is 0 Å². The Kier molecular flexibility index (Phi) is 3.88. The molecule has 1 aliphatic carbocycles. The summed E-state index contributed by atoms with van der Waals surface area (Å²) in [6, 6.07) is 9.79. The molecule has 1 fully saturated rings. The minimum Gasteiger partial charge on any atom is -0.493 e. The molecule has 3 heteroatoms.